The molecular formula is C20H21NO3S. The number of thioether (sulfide) groups is 1. The molecule has 0 unspecified atom stereocenters. The molecule has 2 aromatic rings. The molecule has 25 heavy (non-hydrogen) atoms. The normalized spacial score (nSPS) is 16.3. The summed E-state index contributed by atoms with van der Waals surface area (Å²) in [6.45, 7) is 0. The molecule has 0 bridgehead atoms. The molecule has 0 aromatic heterocycles. The molecule has 3 rings (SSSR count). The third-order valence-electron chi connectivity index (χ3n) is 4.13. The van der Waals surface area contributed by atoms with E-state index in [0.717, 1.165) is 23.5 Å². The third-order valence-corrected chi connectivity index (χ3v) is 5.25. The molecule has 1 aliphatic heterocycles. The highest BCUT2D eigenvalue weighted by molar-refractivity contribution is 7.99. The van der Waals surface area contributed by atoms with E-state index in [9.17, 15) is 4.79 Å². The molecule has 2 aromatic carbocycles. The lowest BCUT2D eigenvalue weighted by Crippen LogP contribution is -2.29. The van der Waals surface area contributed by atoms with Crippen LogP contribution in [-0.2, 0) is 4.79 Å². The topological polar surface area (TPSA) is 47.6 Å². The van der Waals surface area contributed by atoms with Crippen LogP contribution in [0.3, 0.4) is 0 Å². The fourth-order valence-electron chi connectivity index (χ4n) is 2.85. The van der Waals surface area contributed by atoms with Crippen molar-refractivity contribution in [3.63, 3.8) is 0 Å². The maximum atomic E-state index is 12.4. The Morgan fingerprint density at radius 2 is 2.04 bits per heavy atom. The molecule has 5 heteroatoms. The molecule has 1 atom stereocenters. The monoisotopic (exact) mass is 355 g/mol. The van der Waals surface area contributed by atoms with Gasteiger partial charge in [0.2, 0.25) is 5.91 Å². The van der Waals surface area contributed by atoms with E-state index in [1.165, 1.54) is 10.5 Å². The number of nitrogens with one attached hydrogen (secondary N) is 1. The Labute approximate surface area is 152 Å². The van der Waals surface area contributed by atoms with Crippen LogP contribution in [0.5, 0.6) is 11.5 Å². The first kappa shape index (κ1) is 17.4. The van der Waals surface area contributed by atoms with Gasteiger partial charge < -0.3 is 14.8 Å². The standard InChI is InChI=1S/C20H21NO3S/c1-23-15-8-9-18(24-2)14(13-15)7-10-20(22)21-17-11-12-25-19-6-4-3-5-16(17)19/h3-10,13,17H,11-12H2,1-2H3,(H,21,22)/b10-7+/t17-/m0/s1. The molecule has 0 radical (unpaired) electrons. The van der Waals surface area contributed by atoms with E-state index in [4.69, 9.17) is 9.47 Å². The van der Waals surface area contributed by atoms with Crippen LogP contribution in [0, 0.1) is 0 Å². The molecule has 4 nitrogen and oxygen atoms in total. The lowest BCUT2D eigenvalue weighted by Gasteiger charge is -2.25. The maximum Gasteiger partial charge on any atom is 0.244 e. The lowest BCUT2D eigenvalue weighted by atomic mass is 10.0. The zero-order valence-corrected chi connectivity index (χ0v) is 15.1. The summed E-state index contributed by atoms with van der Waals surface area (Å²) in [5.41, 5.74) is 2.00. The summed E-state index contributed by atoms with van der Waals surface area (Å²) >= 11 is 1.84. The minimum Gasteiger partial charge on any atom is -0.497 e. The summed E-state index contributed by atoms with van der Waals surface area (Å²) in [5, 5.41) is 3.10. The van der Waals surface area contributed by atoms with E-state index in [0.29, 0.717) is 5.75 Å². The molecule has 0 aliphatic carbocycles. The highest BCUT2D eigenvalue weighted by Crippen LogP contribution is 2.35. The van der Waals surface area contributed by atoms with Gasteiger partial charge in [-0.25, -0.2) is 0 Å². The van der Waals surface area contributed by atoms with E-state index in [-0.39, 0.29) is 11.9 Å². The number of ether oxygens (including phenoxy) is 2. The van der Waals surface area contributed by atoms with Gasteiger partial charge in [-0.1, -0.05) is 18.2 Å². The van der Waals surface area contributed by atoms with E-state index >= 15 is 0 Å². The SMILES string of the molecule is COc1ccc(OC)c(/C=C/C(=O)N[C@H]2CCSc3ccccc32)c1. The second-order valence-corrected chi connectivity index (χ2v) is 6.81. The van der Waals surface area contributed by atoms with Crippen molar-refractivity contribution in [1.82, 2.24) is 5.32 Å². The summed E-state index contributed by atoms with van der Waals surface area (Å²) in [7, 11) is 3.22. The van der Waals surface area contributed by atoms with Crippen molar-refractivity contribution >= 4 is 23.7 Å². The molecule has 0 spiro atoms. The Kier molecular flexibility index (Phi) is 5.66. The maximum absolute atomic E-state index is 12.4. The van der Waals surface area contributed by atoms with Crippen LogP contribution in [0.25, 0.3) is 6.08 Å². The zero-order chi connectivity index (χ0) is 17.6. The molecule has 0 fully saturated rings. The summed E-state index contributed by atoms with van der Waals surface area (Å²) in [6.07, 6.45) is 4.23. The fourth-order valence-corrected chi connectivity index (χ4v) is 3.97. The van der Waals surface area contributed by atoms with Gasteiger partial charge in [0.15, 0.2) is 0 Å². The van der Waals surface area contributed by atoms with Crippen molar-refractivity contribution in [2.45, 2.75) is 17.4 Å². The molecule has 130 valence electrons. The highest BCUT2D eigenvalue weighted by Gasteiger charge is 2.21. The predicted molar refractivity (Wildman–Crippen MR) is 101 cm³/mol. The van der Waals surface area contributed by atoms with E-state index in [2.05, 4.69) is 17.4 Å². The van der Waals surface area contributed by atoms with Crippen molar-refractivity contribution in [1.29, 1.82) is 0 Å². The molecule has 1 heterocycles. The highest BCUT2D eigenvalue weighted by atomic mass is 32.2. The number of amides is 1. The molecule has 0 saturated heterocycles. The molecule has 1 N–H and O–H groups in total. The predicted octanol–water partition coefficient (Wildman–Crippen LogP) is 4.07. The van der Waals surface area contributed by atoms with Gasteiger partial charge in [-0.3, -0.25) is 4.79 Å². The van der Waals surface area contributed by atoms with Gasteiger partial charge in [-0.2, -0.15) is 0 Å². The number of carbonyl (C=O) groups excluding carboxylic acids is 1. The first-order chi connectivity index (χ1) is 12.2. The van der Waals surface area contributed by atoms with Gasteiger partial charge in [0, 0.05) is 22.3 Å². The molecule has 1 amide bonds. The molecule has 1 aliphatic rings. The minimum atomic E-state index is -0.114. The number of fused-ring (bicyclic) bond motifs is 1. The van der Waals surface area contributed by atoms with Gasteiger partial charge >= 0.3 is 0 Å². The molecular weight excluding hydrogens is 334 g/mol. The quantitative estimate of drug-likeness (QED) is 0.822. The number of hydrogen-bond donors (Lipinski definition) is 1. The van der Waals surface area contributed by atoms with Crippen LogP contribution in [-0.4, -0.2) is 25.9 Å². The Bertz CT molecular complexity index is 788. The van der Waals surface area contributed by atoms with Crippen molar-refractivity contribution in [3.8, 4) is 11.5 Å². The Balaban J connectivity index is 1.72. The second-order valence-electron chi connectivity index (χ2n) is 5.68. The van der Waals surface area contributed by atoms with Gasteiger partial charge in [-0.05, 0) is 42.3 Å². The molecule has 0 saturated carbocycles. The largest absolute Gasteiger partial charge is 0.497 e. The Morgan fingerprint density at radius 1 is 1.20 bits per heavy atom. The van der Waals surface area contributed by atoms with Crippen LogP contribution in [0.4, 0.5) is 0 Å². The average Bonchev–Trinajstić information content (AvgIpc) is 2.66. The first-order valence-electron chi connectivity index (χ1n) is 8.13. The average molecular weight is 355 g/mol. The smallest absolute Gasteiger partial charge is 0.244 e. The van der Waals surface area contributed by atoms with Crippen LogP contribution in [0.15, 0.2) is 53.4 Å². The van der Waals surface area contributed by atoms with Gasteiger partial charge in [0.05, 0.1) is 20.3 Å². The number of carbonyl (C=O) groups is 1. The summed E-state index contributed by atoms with van der Waals surface area (Å²) in [4.78, 5) is 13.6. The van der Waals surface area contributed by atoms with Gasteiger partial charge in [0.25, 0.3) is 0 Å². The summed E-state index contributed by atoms with van der Waals surface area (Å²) < 4.78 is 10.6. The number of benzene rings is 2. The van der Waals surface area contributed by atoms with Crippen molar-refractivity contribution < 1.29 is 14.3 Å². The van der Waals surface area contributed by atoms with Crippen LogP contribution in [0.2, 0.25) is 0 Å². The van der Waals surface area contributed by atoms with E-state index in [1.54, 1.807) is 26.4 Å². The lowest BCUT2D eigenvalue weighted by molar-refractivity contribution is -0.117. The van der Waals surface area contributed by atoms with Crippen LogP contribution < -0.4 is 14.8 Å². The fraction of sp³-hybridized carbons (Fsp3) is 0.250. The van der Waals surface area contributed by atoms with Crippen molar-refractivity contribution in [2.75, 3.05) is 20.0 Å². The minimum absolute atomic E-state index is 0.0572. The first-order valence-corrected chi connectivity index (χ1v) is 9.12. The summed E-state index contributed by atoms with van der Waals surface area (Å²) in [5.74, 6) is 2.31. The van der Waals surface area contributed by atoms with E-state index < -0.39 is 0 Å². The number of methoxy groups -OCH3 is 2. The summed E-state index contributed by atoms with van der Waals surface area (Å²) in [6, 6.07) is 13.8. The zero-order valence-electron chi connectivity index (χ0n) is 14.3. The number of rotatable bonds is 5. The Hall–Kier alpha value is -2.40. The third kappa shape index (κ3) is 4.17. The van der Waals surface area contributed by atoms with Crippen molar-refractivity contribution in [2.24, 2.45) is 0 Å². The Morgan fingerprint density at radius 3 is 2.84 bits per heavy atom. The van der Waals surface area contributed by atoms with Crippen molar-refractivity contribution in [3.05, 3.63) is 59.7 Å². The van der Waals surface area contributed by atoms with Gasteiger partial charge in [-0.15, -0.1) is 11.8 Å². The van der Waals surface area contributed by atoms with Crippen LogP contribution >= 0.6 is 11.8 Å². The second kappa shape index (κ2) is 8.12. The van der Waals surface area contributed by atoms with E-state index in [1.807, 2.05) is 42.1 Å². The van der Waals surface area contributed by atoms with Gasteiger partial charge in [0.1, 0.15) is 11.5 Å². The van der Waals surface area contributed by atoms with Crippen LogP contribution in [0.1, 0.15) is 23.6 Å². The number of hydrogen-bond acceptors (Lipinski definition) is 4.